The second kappa shape index (κ2) is 8.08. The summed E-state index contributed by atoms with van der Waals surface area (Å²) in [7, 11) is -3.63. The molecule has 2 aromatic rings. The molecule has 0 saturated carbocycles. The van der Waals surface area contributed by atoms with Crippen molar-refractivity contribution in [3.63, 3.8) is 0 Å². The topological polar surface area (TPSA) is 66.5 Å². The summed E-state index contributed by atoms with van der Waals surface area (Å²) in [6.07, 6.45) is 2.73. The number of carbonyl (C=O) groups is 1. The summed E-state index contributed by atoms with van der Waals surface area (Å²) in [5.74, 6) is -0.461. The molecule has 5 nitrogen and oxygen atoms in total. The van der Waals surface area contributed by atoms with Crippen molar-refractivity contribution in [2.75, 3.05) is 18.4 Å². The van der Waals surface area contributed by atoms with Gasteiger partial charge in [0.25, 0.3) is 5.91 Å². The summed E-state index contributed by atoms with van der Waals surface area (Å²) in [5, 5.41) is 2.95. The fourth-order valence-corrected chi connectivity index (χ4v) is 4.98. The van der Waals surface area contributed by atoms with Gasteiger partial charge in [0.05, 0.1) is 21.2 Å². The van der Waals surface area contributed by atoms with E-state index in [0.717, 1.165) is 23.7 Å². The maximum Gasteiger partial charge on any atom is 0.257 e. The Hall–Kier alpha value is -1.41. The predicted octanol–water partition coefficient (Wildman–Crippen LogP) is 4.53. The number of halogens is 2. The van der Waals surface area contributed by atoms with Crippen molar-refractivity contribution in [2.24, 2.45) is 0 Å². The number of hydrogen-bond donors (Lipinski definition) is 1. The monoisotopic (exact) mass is 456 g/mol. The van der Waals surface area contributed by atoms with Crippen molar-refractivity contribution in [1.82, 2.24) is 4.31 Å². The number of para-hydroxylation sites is 1. The molecule has 2 aromatic carbocycles. The quantitative estimate of drug-likeness (QED) is 0.733. The third-order valence-electron chi connectivity index (χ3n) is 4.26. The van der Waals surface area contributed by atoms with Gasteiger partial charge in [-0.15, -0.1) is 0 Å². The van der Waals surface area contributed by atoms with E-state index in [4.69, 9.17) is 11.6 Å². The van der Waals surface area contributed by atoms with E-state index in [1.165, 1.54) is 22.5 Å². The summed E-state index contributed by atoms with van der Waals surface area (Å²) in [6.45, 7) is 1.01. The smallest absolute Gasteiger partial charge is 0.257 e. The fourth-order valence-electron chi connectivity index (χ4n) is 2.85. The van der Waals surface area contributed by atoms with Gasteiger partial charge in [0.1, 0.15) is 0 Å². The molecule has 138 valence electrons. The Labute approximate surface area is 166 Å². The first-order chi connectivity index (χ1) is 12.4. The van der Waals surface area contributed by atoms with Crippen LogP contribution >= 0.6 is 27.5 Å². The molecular formula is C18H18BrClN2O3S. The highest BCUT2D eigenvalue weighted by atomic mass is 79.9. The Morgan fingerprint density at radius 2 is 1.77 bits per heavy atom. The van der Waals surface area contributed by atoms with Gasteiger partial charge >= 0.3 is 0 Å². The zero-order valence-corrected chi connectivity index (χ0v) is 17.1. The van der Waals surface area contributed by atoms with Gasteiger partial charge in [-0.25, -0.2) is 8.42 Å². The van der Waals surface area contributed by atoms with Crippen LogP contribution in [0.15, 0.2) is 51.8 Å². The first-order valence-corrected chi connectivity index (χ1v) is 10.9. The highest BCUT2D eigenvalue weighted by molar-refractivity contribution is 9.10. The standard InChI is InChI=1S/C18H18BrClN2O3S/c19-15-6-2-3-7-17(15)21-18(23)14-12-13(8-9-16(14)20)26(24,25)22-10-4-1-5-11-22/h2-3,6-9,12H,1,4-5,10-11H2,(H,21,23). The van der Waals surface area contributed by atoms with E-state index in [-0.39, 0.29) is 15.5 Å². The van der Waals surface area contributed by atoms with E-state index in [0.29, 0.717) is 18.8 Å². The number of rotatable bonds is 4. The number of nitrogens with zero attached hydrogens (tertiary/aromatic N) is 1. The average Bonchev–Trinajstić information content (AvgIpc) is 2.64. The first-order valence-electron chi connectivity index (χ1n) is 8.25. The van der Waals surface area contributed by atoms with E-state index in [1.54, 1.807) is 18.2 Å². The molecule has 26 heavy (non-hydrogen) atoms. The summed E-state index contributed by atoms with van der Waals surface area (Å²) >= 11 is 9.52. The molecule has 1 heterocycles. The van der Waals surface area contributed by atoms with E-state index in [2.05, 4.69) is 21.2 Å². The van der Waals surface area contributed by atoms with Crippen LogP contribution < -0.4 is 5.32 Å². The minimum Gasteiger partial charge on any atom is -0.321 e. The van der Waals surface area contributed by atoms with Crippen molar-refractivity contribution in [2.45, 2.75) is 24.2 Å². The van der Waals surface area contributed by atoms with Crippen molar-refractivity contribution in [3.8, 4) is 0 Å². The summed E-state index contributed by atoms with van der Waals surface area (Å²) in [4.78, 5) is 12.7. The van der Waals surface area contributed by atoms with Crippen molar-refractivity contribution < 1.29 is 13.2 Å². The Balaban J connectivity index is 1.90. The third kappa shape index (κ3) is 4.11. The molecule has 1 saturated heterocycles. The Bertz CT molecular complexity index is 928. The largest absolute Gasteiger partial charge is 0.321 e. The molecule has 1 aliphatic heterocycles. The van der Waals surface area contributed by atoms with E-state index < -0.39 is 15.9 Å². The Morgan fingerprint density at radius 3 is 2.46 bits per heavy atom. The van der Waals surface area contributed by atoms with Crippen LogP contribution in [0.5, 0.6) is 0 Å². The molecule has 0 aromatic heterocycles. The van der Waals surface area contributed by atoms with Crippen LogP contribution in [-0.4, -0.2) is 31.7 Å². The minimum absolute atomic E-state index is 0.0843. The lowest BCUT2D eigenvalue weighted by molar-refractivity contribution is 0.102. The second-order valence-electron chi connectivity index (χ2n) is 6.04. The summed E-state index contributed by atoms with van der Waals surface area (Å²) in [6, 6.07) is 11.4. The number of benzene rings is 2. The number of carbonyl (C=O) groups excluding carboxylic acids is 1. The van der Waals surface area contributed by atoms with Crippen LogP contribution in [0, 0.1) is 0 Å². The van der Waals surface area contributed by atoms with Crippen LogP contribution in [0.2, 0.25) is 5.02 Å². The molecule has 0 radical (unpaired) electrons. The van der Waals surface area contributed by atoms with E-state index >= 15 is 0 Å². The van der Waals surface area contributed by atoms with Crippen LogP contribution in [0.1, 0.15) is 29.6 Å². The van der Waals surface area contributed by atoms with Gasteiger partial charge < -0.3 is 5.32 Å². The number of hydrogen-bond acceptors (Lipinski definition) is 3. The SMILES string of the molecule is O=C(Nc1ccccc1Br)c1cc(S(=O)(=O)N2CCCCC2)ccc1Cl. The minimum atomic E-state index is -3.63. The average molecular weight is 458 g/mol. The fraction of sp³-hybridized carbons (Fsp3) is 0.278. The van der Waals surface area contributed by atoms with Crippen molar-refractivity contribution in [1.29, 1.82) is 0 Å². The molecule has 0 aliphatic carbocycles. The highest BCUT2D eigenvalue weighted by Crippen LogP contribution is 2.27. The van der Waals surface area contributed by atoms with Crippen LogP contribution in [0.3, 0.4) is 0 Å². The number of sulfonamides is 1. The van der Waals surface area contributed by atoms with E-state index in [1.807, 2.05) is 6.07 Å². The summed E-state index contributed by atoms with van der Waals surface area (Å²) in [5.41, 5.74) is 0.707. The molecule has 1 aliphatic rings. The number of nitrogens with one attached hydrogen (secondary N) is 1. The number of piperidine rings is 1. The molecular weight excluding hydrogens is 440 g/mol. The lowest BCUT2D eigenvalue weighted by Crippen LogP contribution is -2.35. The maximum absolute atomic E-state index is 12.8. The zero-order chi connectivity index (χ0) is 18.7. The molecule has 3 rings (SSSR count). The van der Waals surface area contributed by atoms with Gasteiger partial charge in [-0.3, -0.25) is 4.79 Å². The van der Waals surface area contributed by atoms with Crippen LogP contribution in [0.25, 0.3) is 0 Å². The van der Waals surface area contributed by atoms with Gasteiger partial charge in [-0.05, 0) is 59.1 Å². The highest BCUT2D eigenvalue weighted by Gasteiger charge is 2.27. The van der Waals surface area contributed by atoms with Crippen LogP contribution in [0.4, 0.5) is 5.69 Å². The summed E-state index contributed by atoms with van der Waals surface area (Å²) < 4.78 is 27.8. The van der Waals surface area contributed by atoms with Crippen molar-refractivity contribution >= 4 is 49.1 Å². The molecule has 1 fully saturated rings. The van der Waals surface area contributed by atoms with Gasteiger partial charge in [0.2, 0.25) is 10.0 Å². The Kier molecular flexibility index (Phi) is 6.02. The maximum atomic E-state index is 12.8. The molecule has 8 heteroatoms. The molecule has 1 amide bonds. The van der Waals surface area contributed by atoms with Crippen LogP contribution in [-0.2, 0) is 10.0 Å². The number of amides is 1. The Morgan fingerprint density at radius 1 is 1.08 bits per heavy atom. The molecule has 1 N–H and O–H groups in total. The van der Waals surface area contributed by atoms with Gasteiger partial charge in [-0.1, -0.05) is 30.2 Å². The first kappa shape index (κ1) is 19.4. The normalized spacial score (nSPS) is 15.6. The molecule has 0 unspecified atom stereocenters. The lowest BCUT2D eigenvalue weighted by atomic mass is 10.2. The van der Waals surface area contributed by atoms with Gasteiger partial charge in [0, 0.05) is 17.6 Å². The van der Waals surface area contributed by atoms with Gasteiger partial charge in [-0.2, -0.15) is 4.31 Å². The predicted molar refractivity (Wildman–Crippen MR) is 106 cm³/mol. The van der Waals surface area contributed by atoms with Gasteiger partial charge in [0.15, 0.2) is 0 Å². The van der Waals surface area contributed by atoms with Crippen molar-refractivity contribution in [3.05, 3.63) is 57.5 Å². The second-order valence-corrected chi connectivity index (χ2v) is 9.24. The lowest BCUT2D eigenvalue weighted by Gasteiger charge is -2.26. The molecule has 0 bridgehead atoms. The molecule has 0 spiro atoms. The third-order valence-corrected chi connectivity index (χ3v) is 7.17. The number of anilines is 1. The molecule has 0 atom stereocenters. The van der Waals surface area contributed by atoms with E-state index in [9.17, 15) is 13.2 Å². The zero-order valence-electron chi connectivity index (χ0n) is 13.9.